The molecule has 1 atom stereocenters. The zero-order valence-electron chi connectivity index (χ0n) is 7.86. The average molecular weight is 209 g/mol. The number of hydrogen-bond acceptors (Lipinski definition) is 3. The average Bonchev–Trinajstić information content (AvgIpc) is 2.08. The van der Waals surface area contributed by atoms with Crippen molar-refractivity contribution >= 4 is 18.3 Å². The number of amides is 1. The SMILES string of the molecule is COCCN1CCC[C@H](N)C1=O.Cl. The first kappa shape index (κ1) is 12.7. The lowest BCUT2D eigenvalue weighted by Crippen LogP contribution is -2.49. The zero-order valence-corrected chi connectivity index (χ0v) is 8.68. The van der Waals surface area contributed by atoms with Crippen LogP contribution in [0.25, 0.3) is 0 Å². The Bertz CT molecular complexity index is 166. The van der Waals surface area contributed by atoms with Gasteiger partial charge in [0.1, 0.15) is 0 Å². The molecule has 1 amide bonds. The Morgan fingerprint density at radius 2 is 2.38 bits per heavy atom. The minimum atomic E-state index is -0.282. The number of nitrogens with zero attached hydrogens (tertiary/aromatic N) is 1. The second kappa shape index (κ2) is 6.18. The van der Waals surface area contributed by atoms with E-state index in [1.54, 1.807) is 12.0 Å². The highest BCUT2D eigenvalue weighted by atomic mass is 35.5. The molecule has 1 saturated heterocycles. The van der Waals surface area contributed by atoms with Crippen molar-refractivity contribution in [1.29, 1.82) is 0 Å². The van der Waals surface area contributed by atoms with Crippen molar-refractivity contribution < 1.29 is 9.53 Å². The van der Waals surface area contributed by atoms with Gasteiger partial charge in [0.2, 0.25) is 5.91 Å². The lowest BCUT2D eigenvalue weighted by atomic mass is 10.1. The number of methoxy groups -OCH3 is 1. The fourth-order valence-electron chi connectivity index (χ4n) is 1.39. The van der Waals surface area contributed by atoms with E-state index in [0.29, 0.717) is 13.2 Å². The van der Waals surface area contributed by atoms with E-state index in [2.05, 4.69) is 0 Å². The van der Waals surface area contributed by atoms with E-state index in [0.717, 1.165) is 19.4 Å². The zero-order chi connectivity index (χ0) is 8.97. The van der Waals surface area contributed by atoms with E-state index >= 15 is 0 Å². The Morgan fingerprint density at radius 1 is 1.69 bits per heavy atom. The van der Waals surface area contributed by atoms with Gasteiger partial charge in [0.05, 0.1) is 12.6 Å². The molecule has 0 aromatic carbocycles. The Balaban J connectivity index is 0.00000144. The molecule has 0 aromatic heterocycles. The summed E-state index contributed by atoms with van der Waals surface area (Å²) in [5.41, 5.74) is 5.61. The van der Waals surface area contributed by atoms with Crippen molar-refractivity contribution in [2.45, 2.75) is 18.9 Å². The second-order valence-corrected chi connectivity index (χ2v) is 3.07. The molecular weight excluding hydrogens is 192 g/mol. The van der Waals surface area contributed by atoms with Crippen LogP contribution in [-0.2, 0) is 9.53 Å². The first-order valence-corrected chi connectivity index (χ1v) is 4.29. The van der Waals surface area contributed by atoms with Crippen LogP contribution in [-0.4, -0.2) is 43.7 Å². The van der Waals surface area contributed by atoms with Gasteiger partial charge in [0.25, 0.3) is 0 Å². The number of nitrogens with two attached hydrogens (primary N) is 1. The highest BCUT2D eigenvalue weighted by molar-refractivity contribution is 5.85. The maximum Gasteiger partial charge on any atom is 0.239 e. The number of rotatable bonds is 3. The van der Waals surface area contributed by atoms with Gasteiger partial charge < -0.3 is 15.4 Å². The van der Waals surface area contributed by atoms with E-state index < -0.39 is 0 Å². The third-order valence-electron chi connectivity index (χ3n) is 2.14. The van der Waals surface area contributed by atoms with Gasteiger partial charge in [-0.1, -0.05) is 0 Å². The van der Waals surface area contributed by atoms with Crippen molar-refractivity contribution in [2.24, 2.45) is 5.73 Å². The monoisotopic (exact) mass is 208 g/mol. The summed E-state index contributed by atoms with van der Waals surface area (Å²) in [5, 5.41) is 0. The van der Waals surface area contributed by atoms with Gasteiger partial charge in [-0.3, -0.25) is 4.79 Å². The predicted molar refractivity (Wildman–Crippen MR) is 52.9 cm³/mol. The summed E-state index contributed by atoms with van der Waals surface area (Å²) in [6, 6.07) is -0.282. The van der Waals surface area contributed by atoms with Crippen LogP contribution in [0.5, 0.6) is 0 Å². The standard InChI is InChI=1S/C8H16N2O2.ClH/c1-12-6-5-10-4-2-3-7(9)8(10)11;/h7H,2-6,9H2,1H3;1H/t7-;/m0./s1. The van der Waals surface area contributed by atoms with Crippen LogP contribution in [0.15, 0.2) is 0 Å². The molecule has 2 N–H and O–H groups in total. The van der Waals surface area contributed by atoms with Gasteiger partial charge in [-0.05, 0) is 12.8 Å². The maximum absolute atomic E-state index is 11.4. The highest BCUT2D eigenvalue weighted by Gasteiger charge is 2.24. The van der Waals surface area contributed by atoms with Crippen LogP contribution >= 0.6 is 12.4 Å². The number of piperidine rings is 1. The van der Waals surface area contributed by atoms with Crippen molar-refractivity contribution in [2.75, 3.05) is 26.8 Å². The number of halogens is 1. The van der Waals surface area contributed by atoms with Crippen molar-refractivity contribution in [3.63, 3.8) is 0 Å². The number of carbonyl (C=O) groups excluding carboxylic acids is 1. The van der Waals surface area contributed by atoms with Gasteiger partial charge in [0.15, 0.2) is 0 Å². The van der Waals surface area contributed by atoms with E-state index in [-0.39, 0.29) is 24.4 Å². The van der Waals surface area contributed by atoms with Gasteiger partial charge in [-0.25, -0.2) is 0 Å². The minimum Gasteiger partial charge on any atom is -0.383 e. The molecule has 1 heterocycles. The number of carbonyl (C=O) groups is 1. The summed E-state index contributed by atoms with van der Waals surface area (Å²) in [4.78, 5) is 13.2. The van der Waals surface area contributed by atoms with Crippen LogP contribution in [0.2, 0.25) is 0 Å². The topological polar surface area (TPSA) is 55.6 Å². The Morgan fingerprint density at radius 3 is 3.00 bits per heavy atom. The summed E-state index contributed by atoms with van der Waals surface area (Å²) in [7, 11) is 1.63. The van der Waals surface area contributed by atoms with Gasteiger partial charge in [-0.15, -0.1) is 12.4 Å². The lowest BCUT2D eigenvalue weighted by molar-refractivity contribution is -0.135. The summed E-state index contributed by atoms with van der Waals surface area (Å²) in [6.07, 6.45) is 1.83. The van der Waals surface area contributed by atoms with Crippen LogP contribution in [0.3, 0.4) is 0 Å². The Hall–Kier alpha value is -0.320. The number of ether oxygens (including phenoxy) is 1. The van der Waals surface area contributed by atoms with E-state index in [1.165, 1.54) is 0 Å². The molecule has 5 heteroatoms. The van der Waals surface area contributed by atoms with Crippen molar-refractivity contribution in [1.82, 2.24) is 4.90 Å². The maximum atomic E-state index is 11.4. The molecule has 1 fully saturated rings. The quantitative estimate of drug-likeness (QED) is 0.711. The normalized spacial score (nSPS) is 22.8. The first-order valence-electron chi connectivity index (χ1n) is 4.29. The van der Waals surface area contributed by atoms with E-state index in [9.17, 15) is 4.79 Å². The Kier molecular flexibility index (Phi) is 6.03. The fourth-order valence-corrected chi connectivity index (χ4v) is 1.39. The summed E-state index contributed by atoms with van der Waals surface area (Å²) < 4.78 is 4.89. The summed E-state index contributed by atoms with van der Waals surface area (Å²) >= 11 is 0. The molecule has 13 heavy (non-hydrogen) atoms. The van der Waals surface area contributed by atoms with Gasteiger partial charge >= 0.3 is 0 Å². The lowest BCUT2D eigenvalue weighted by Gasteiger charge is -2.30. The van der Waals surface area contributed by atoms with E-state index in [1.807, 2.05) is 0 Å². The minimum absolute atomic E-state index is 0. The molecule has 0 unspecified atom stereocenters. The predicted octanol–water partition coefficient (Wildman–Crippen LogP) is 0.00430. The molecular formula is C8H17ClN2O2. The molecule has 0 spiro atoms. The van der Waals surface area contributed by atoms with Crippen LogP contribution < -0.4 is 5.73 Å². The third-order valence-corrected chi connectivity index (χ3v) is 2.14. The molecule has 0 aliphatic carbocycles. The molecule has 4 nitrogen and oxygen atoms in total. The van der Waals surface area contributed by atoms with E-state index in [4.69, 9.17) is 10.5 Å². The first-order chi connectivity index (χ1) is 5.75. The largest absolute Gasteiger partial charge is 0.383 e. The molecule has 1 aliphatic heterocycles. The number of likely N-dealkylation sites (tertiary alicyclic amines) is 1. The molecule has 0 aromatic rings. The second-order valence-electron chi connectivity index (χ2n) is 3.07. The smallest absolute Gasteiger partial charge is 0.239 e. The highest BCUT2D eigenvalue weighted by Crippen LogP contribution is 2.08. The molecule has 78 valence electrons. The third kappa shape index (κ3) is 3.50. The summed E-state index contributed by atoms with van der Waals surface area (Å²) in [6.45, 7) is 2.09. The van der Waals surface area contributed by atoms with Crippen molar-refractivity contribution in [3.05, 3.63) is 0 Å². The van der Waals surface area contributed by atoms with Gasteiger partial charge in [0, 0.05) is 20.2 Å². The molecule has 1 rings (SSSR count). The molecule has 0 radical (unpaired) electrons. The molecule has 0 bridgehead atoms. The van der Waals surface area contributed by atoms with Crippen LogP contribution in [0.4, 0.5) is 0 Å². The van der Waals surface area contributed by atoms with Gasteiger partial charge in [-0.2, -0.15) is 0 Å². The fraction of sp³-hybridized carbons (Fsp3) is 0.875. The van der Waals surface area contributed by atoms with Crippen molar-refractivity contribution in [3.8, 4) is 0 Å². The Labute approximate surface area is 84.8 Å². The number of hydrogen-bond donors (Lipinski definition) is 1. The molecule has 1 aliphatic rings. The van der Waals surface area contributed by atoms with Crippen LogP contribution in [0.1, 0.15) is 12.8 Å². The van der Waals surface area contributed by atoms with Crippen LogP contribution in [0, 0.1) is 0 Å². The molecule has 0 saturated carbocycles. The summed E-state index contributed by atoms with van der Waals surface area (Å²) in [5.74, 6) is 0.0679.